The number of pyridine rings is 1. The molecule has 0 saturated carbocycles. The number of hydrogen-bond donors (Lipinski definition) is 3. The van der Waals surface area contributed by atoms with Crippen LogP contribution in [-0.2, 0) is 0 Å². The smallest absolute Gasteiger partial charge is 0.267 e. The van der Waals surface area contributed by atoms with Gasteiger partial charge in [0.25, 0.3) is 5.91 Å². The summed E-state index contributed by atoms with van der Waals surface area (Å²) in [6.45, 7) is 6.51. The maximum atomic E-state index is 11.1. The van der Waals surface area contributed by atoms with Gasteiger partial charge in [-0.25, -0.2) is 4.98 Å². The van der Waals surface area contributed by atoms with E-state index in [9.17, 15) is 4.79 Å². The minimum Gasteiger partial charge on any atom is -0.396 e. The van der Waals surface area contributed by atoms with Crippen molar-refractivity contribution in [3.8, 4) is 0 Å². The molecule has 1 unspecified atom stereocenters. The highest BCUT2D eigenvalue weighted by Crippen LogP contribution is 2.18. The van der Waals surface area contributed by atoms with Crippen molar-refractivity contribution in [1.82, 2.24) is 4.98 Å². The second-order valence-electron chi connectivity index (χ2n) is 5.37. The van der Waals surface area contributed by atoms with Gasteiger partial charge in [-0.05, 0) is 31.4 Å². The second-order valence-corrected chi connectivity index (χ2v) is 5.37. The van der Waals surface area contributed by atoms with Crippen molar-refractivity contribution >= 4 is 17.4 Å². The molecule has 0 aliphatic rings. The number of hydrogen-bond acceptors (Lipinski definition) is 4. The molecule has 0 radical (unpaired) electrons. The molecular weight excluding hydrogens is 240 g/mol. The first-order valence-corrected chi connectivity index (χ1v) is 6.73. The van der Waals surface area contributed by atoms with Gasteiger partial charge in [0.15, 0.2) is 0 Å². The lowest BCUT2D eigenvalue weighted by molar-refractivity contribution is 0.0995. The van der Waals surface area contributed by atoms with Gasteiger partial charge in [0.1, 0.15) is 11.5 Å². The number of nitrogens with one attached hydrogen (secondary N) is 1. The van der Waals surface area contributed by atoms with Crippen LogP contribution in [0, 0.1) is 5.92 Å². The highest BCUT2D eigenvalue weighted by Gasteiger charge is 2.10. The number of carbonyl (C=O) groups is 1. The monoisotopic (exact) mass is 264 g/mol. The normalized spacial score (nSPS) is 12.4. The number of primary amides is 1. The molecule has 1 atom stereocenters. The first-order chi connectivity index (χ1) is 8.90. The quantitative estimate of drug-likeness (QED) is 0.704. The Morgan fingerprint density at radius 3 is 2.58 bits per heavy atom. The van der Waals surface area contributed by atoms with E-state index in [-0.39, 0.29) is 11.7 Å². The van der Waals surface area contributed by atoms with Crippen LogP contribution in [-0.4, -0.2) is 16.9 Å². The molecule has 1 aromatic heterocycles. The van der Waals surface area contributed by atoms with E-state index in [0.717, 1.165) is 12.8 Å². The Morgan fingerprint density at radius 2 is 2.00 bits per heavy atom. The Hall–Kier alpha value is -1.78. The molecule has 0 saturated heterocycles. The topological polar surface area (TPSA) is 94.0 Å². The third kappa shape index (κ3) is 5.16. The average Bonchev–Trinajstić information content (AvgIpc) is 2.31. The van der Waals surface area contributed by atoms with Crippen LogP contribution in [0.5, 0.6) is 0 Å². The number of nitrogen functional groups attached to an aromatic ring is 1. The highest BCUT2D eigenvalue weighted by molar-refractivity contribution is 5.91. The number of amides is 1. The maximum absolute atomic E-state index is 11.1. The molecular formula is C14H24N4O. The zero-order chi connectivity index (χ0) is 14.4. The lowest BCUT2D eigenvalue weighted by Crippen LogP contribution is -2.20. The predicted molar refractivity (Wildman–Crippen MR) is 78.9 cm³/mol. The van der Waals surface area contributed by atoms with Crippen LogP contribution in [0.4, 0.5) is 11.5 Å². The Bertz CT molecular complexity index is 431. The molecule has 0 fully saturated rings. The Labute approximate surface area is 114 Å². The van der Waals surface area contributed by atoms with Gasteiger partial charge in [0.2, 0.25) is 0 Å². The number of nitrogens with zero attached hydrogens (tertiary/aromatic N) is 1. The molecule has 1 heterocycles. The highest BCUT2D eigenvalue weighted by atomic mass is 16.1. The van der Waals surface area contributed by atoms with E-state index in [1.54, 1.807) is 6.07 Å². The van der Waals surface area contributed by atoms with Gasteiger partial charge < -0.3 is 16.8 Å². The van der Waals surface area contributed by atoms with E-state index < -0.39 is 5.91 Å². The molecule has 5 N–H and O–H groups in total. The van der Waals surface area contributed by atoms with E-state index >= 15 is 0 Å². The fourth-order valence-electron chi connectivity index (χ4n) is 1.86. The van der Waals surface area contributed by atoms with Crippen LogP contribution in [0.25, 0.3) is 0 Å². The summed E-state index contributed by atoms with van der Waals surface area (Å²) in [6.07, 6.45) is 3.40. The van der Waals surface area contributed by atoms with E-state index in [2.05, 4.69) is 31.1 Å². The summed E-state index contributed by atoms with van der Waals surface area (Å²) in [4.78, 5) is 15.2. The summed E-state index contributed by atoms with van der Waals surface area (Å²) in [5.74, 6) is 0.706. The van der Waals surface area contributed by atoms with Gasteiger partial charge in [-0.15, -0.1) is 0 Å². The maximum Gasteiger partial charge on any atom is 0.267 e. The van der Waals surface area contributed by atoms with Gasteiger partial charge in [-0.2, -0.15) is 0 Å². The van der Waals surface area contributed by atoms with Gasteiger partial charge in [0.05, 0.1) is 5.69 Å². The van der Waals surface area contributed by atoms with Crippen LogP contribution < -0.4 is 16.8 Å². The van der Waals surface area contributed by atoms with Gasteiger partial charge in [0, 0.05) is 6.04 Å². The van der Waals surface area contributed by atoms with Crippen molar-refractivity contribution in [2.75, 3.05) is 11.1 Å². The fourth-order valence-corrected chi connectivity index (χ4v) is 1.86. The molecule has 1 rings (SSSR count). The SMILES string of the molecule is CC(C)CCCC(C)Nc1nc(C(N)=O)ccc1N. The van der Waals surface area contributed by atoms with E-state index in [1.165, 1.54) is 12.5 Å². The van der Waals surface area contributed by atoms with Crippen LogP contribution in [0.1, 0.15) is 50.5 Å². The summed E-state index contributed by atoms with van der Waals surface area (Å²) in [5.41, 5.74) is 11.8. The van der Waals surface area contributed by atoms with Gasteiger partial charge >= 0.3 is 0 Å². The third-order valence-corrected chi connectivity index (χ3v) is 2.98. The summed E-state index contributed by atoms with van der Waals surface area (Å²) in [7, 11) is 0. The number of rotatable bonds is 7. The van der Waals surface area contributed by atoms with E-state index in [1.807, 2.05) is 0 Å². The summed E-state index contributed by atoms with van der Waals surface area (Å²) in [5, 5.41) is 3.24. The third-order valence-electron chi connectivity index (χ3n) is 2.98. The number of nitrogens with two attached hydrogens (primary N) is 2. The average molecular weight is 264 g/mol. The zero-order valence-corrected chi connectivity index (χ0v) is 11.9. The first kappa shape index (κ1) is 15.3. The molecule has 0 aromatic carbocycles. The van der Waals surface area contributed by atoms with Crippen LogP contribution in [0.3, 0.4) is 0 Å². The fraction of sp³-hybridized carbons (Fsp3) is 0.571. The minimum absolute atomic E-state index is 0.228. The summed E-state index contributed by atoms with van der Waals surface area (Å²) < 4.78 is 0. The zero-order valence-electron chi connectivity index (χ0n) is 11.9. The summed E-state index contributed by atoms with van der Waals surface area (Å²) in [6, 6.07) is 3.44. The van der Waals surface area contributed by atoms with Crippen molar-refractivity contribution in [3.63, 3.8) is 0 Å². The van der Waals surface area contributed by atoms with Crippen molar-refractivity contribution in [1.29, 1.82) is 0 Å². The van der Waals surface area contributed by atoms with Crippen LogP contribution in [0.15, 0.2) is 12.1 Å². The Balaban J connectivity index is 2.60. The number of aromatic nitrogens is 1. The predicted octanol–water partition coefficient (Wildman–Crippen LogP) is 2.39. The van der Waals surface area contributed by atoms with E-state index in [4.69, 9.17) is 11.5 Å². The number of carbonyl (C=O) groups excluding carboxylic acids is 1. The molecule has 1 aromatic rings. The molecule has 0 aliphatic carbocycles. The van der Waals surface area contributed by atoms with Crippen molar-refractivity contribution in [2.45, 2.75) is 46.1 Å². The van der Waals surface area contributed by atoms with Gasteiger partial charge in [-0.1, -0.05) is 26.7 Å². The lowest BCUT2D eigenvalue weighted by atomic mass is 10.0. The molecule has 5 nitrogen and oxygen atoms in total. The standard InChI is InChI=1S/C14H24N4O/c1-9(2)5-4-6-10(3)17-14-11(15)7-8-12(18-14)13(16)19/h7-10H,4-6,15H2,1-3H3,(H2,16,19)(H,17,18). The molecule has 5 heteroatoms. The molecule has 0 bridgehead atoms. The van der Waals surface area contributed by atoms with Crippen molar-refractivity contribution < 1.29 is 4.79 Å². The van der Waals surface area contributed by atoms with Crippen LogP contribution >= 0.6 is 0 Å². The largest absolute Gasteiger partial charge is 0.396 e. The van der Waals surface area contributed by atoms with Gasteiger partial charge in [-0.3, -0.25) is 4.79 Å². The minimum atomic E-state index is -0.546. The van der Waals surface area contributed by atoms with Crippen molar-refractivity contribution in [2.24, 2.45) is 11.7 Å². The second kappa shape index (κ2) is 6.97. The first-order valence-electron chi connectivity index (χ1n) is 6.73. The van der Waals surface area contributed by atoms with Crippen molar-refractivity contribution in [3.05, 3.63) is 17.8 Å². The molecule has 106 valence electrons. The van der Waals surface area contributed by atoms with E-state index in [0.29, 0.717) is 17.4 Å². The molecule has 0 aliphatic heterocycles. The molecule has 0 spiro atoms. The Kier molecular flexibility index (Phi) is 5.60. The lowest BCUT2D eigenvalue weighted by Gasteiger charge is -2.16. The molecule has 19 heavy (non-hydrogen) atoms. The number of anilines is 2. The Morgan fingerprint density at radius 1 is 1.32 bits per heavy atom. The molecule has 1 amide bonds. The summed E-state index contributed by atoms with van der Waals surface area (Å²) >= 11 is 0. The van der Waals surface area contributed by atoms with Crippen LogP contribution in [0.2, 0.25) is 0 Å².